The Morgan fingerprint density at radius 1 is 1.25 bits per heavy atom. The second-order valence-corrected chi connectivity index (χ2v) is 7.70. The van der Waals surface area contributed by atoms with E-state index in [9.17, 15) is 13.2 Å². The van der Waals surface area contributed by atoms with Crippen molar-refractivity contribution in [1.29, 1.82) is 0 Å². The van der Waals surface area contributed by atoms with Crippen LogP contribution in [0.2, 0.25) is 5.02 Å². The van der Waals surface area contributed by atoms with E-state index in [-0.39, 0.29) is 11.2 Å². The van der Waals surface area contributed by atoms with Crippen molar-refractivity contribution in [3.05, 3.63) is 58.0 Å². The van der Waals surface area contributed by atoms with E-state index >= 15 is 0 Å². The van der Waals surface area contributed by atoms with Gasteiger partial charge in [0.2, 0.25) is 0 Å². The number of fused-ring (bicyclic) bond motifs is 1. The molecule has 0 saturated heterocycles. The summed E-state index contributed by atoms with van der Waals surface area (Å²) in [4.78, 5) is 0. The number of nitrogens with zero attached hydrogens (tertiary/aromatic N) is 3. The van der Waals surface area contributed by atoms with Crippen LogP contribution in [0.4, 0.5) is 13.2 Å². The number of alkyl halides is 3. The highest BCUT2D eigenvalue weighted by Crippen LogP contribution is 2.40. The summed E-state index contributed by atoms with van der Waals surface area (Å²) in [6.07, 6.45) is -1.05. The van der Waals surface area contributed by atoms with E-state index in [0.717, 1.165) is 18.4 Å². The SMILES string of the molecule is Cc1ccc(OC(C)c2ccn3c(CC4CC4)nnc3c2C(F)(F)F)c(Cl)c1. The van der Waals surface area contributed by atoms with Crippen LogP contribution in [0.15, 0.2) is 30.5 Å². The summed E-state index contributed by atoms with van der Waals surface area (Å²) < 4.78 is 49.0. The number of pyridine rings is 1. The molecule has 1 atom stereocenters. The Labute approximate surface area is 165 Å². The topological polar surface area (TPSA) is 39.4 Å². The van der Waals surface area contributed by atoms with Crippen LogP contribution < -0.4 is 4.74 Å². The summed E-state index contributed by atoms with van der Waals surface area (Å²) in [7, 11) is 0. The molecular formula is C20H19ClF3N3O. The fourth-order valence-electron chi connectivity index (χ4n) is 3.32. The lowest BCUT2D eigenvalue weighted by molar-refractivity contribution is -0.138. The zero-order chi connectivity index (χ0) is 20.1. The fraction of sp³-hybridized carbons (Fsp3) is 0.400. The van der Waals surface area contributed by atoms with Gasteiger partial charge in [-0.15, -0.1) is 10.2 Å². The highest BCUT2D eigenvalue weighted by atomic mass is 35.5. The van der Waals surface area contributed by atoms with Crippen LogP contribution in [0, 0.1) is 12.8 Å². The predicted molar refractivity (Wildman–Crippen MR) is 99.6 cm³/mol. The number of halogens is 4. The van der Waals surface area contributed by atoms with Crippen molar-refractivity contribution >= 4 is 17.2 Å². The van der Waals surface area contributed by atoms with Gasteiger partial charge in [0.1, 0.15) is 23.2 Å². The van der Waals surface area contributed by atoms with Gasteiger partial charge in [-0.2, -0.15) is 13.2 Å². The molecule has 1 aromatic carbocycles. The van der Waals surface area contributed by atoms with Crippen molar-refractivity contribution in [1.82, 2.24) is 14.6 Å². The van der Waals surface area contributed by atoms with E-state index in [1.54, 1.807) is 31.3 Å². The van der Waals surface area contributed by atoms with Gasteiger partial charge < -0.3 is 4.74 Å². The molecule has 0 spiro atoms. The van der Waals surface area contributed by atoms with Crippen molar-refractivity contribution in [3.63, 3.8) is 0 Å². The lowest BCUT2D eigenvalue weighted by Crippen LogP contribution is -2.16. The first-order valence-corrected chi connectivity index (χ1v) is 9.48. The molecule has 4 nitrogen and oxygen atoms in total. The minimum atomic E-state index is -4.59. The second kappa shape index (κ2) is 6.95. The summed E-state index contributed by atoms with van der Waals surface area (Å²) in [6, 6.07) is 6.59. The number of aryl methyl sites for hydroxylation is 1. The monoisotopic (exact) mass is 409 g/mol. The Balaban J connectivity index is 1.74. The van der Waals surface area contributed by atoms with E-state index in [0.29, 0.717) is 28.9 Å². The van der Waals surface area contributed by atoms with Crippen LogP contribution in [-0.2, 0) is 12.6 Å². The highest BCUT2D eigenvalue weighted by molar-refractivity contribution is 6.32. The summed E-state index contributed by atoms with van der Waals surface area (Å²) in [5, 5.41) is 8.22. The average Bonchev–Trinajstić information content (AvgIpc) is 3.34. The highest BCUT2D eigenvalue weighted by Gasteiger charge is 2.39. The quantitative estimate of drug-likeness (QED) is 0.534. The van der Waals surface area contributed by atoms with Crippen LogP contribution in [0.3, 0.4) is 0 Å². The summed E-state index contributed by atoms with van der Waals surface area (Å²) in [5.41, 5.74) is -0.0672. The van der Waals surface area contributed by atoms with Gasteiger partial charge in [0, 0.05) is 18.2 Å². The van der Waals surface area contributed by atoms with Crippen molar-refractivity contribution < 1.29 is 17.9 Å². The molecule has 3 aromatic rings. The second-order valence-electron chi connectivity index (χ2n) is 7.30. The molecule has 2 heterocycles. The smallest absolute Gasteiger partial charge is 0.420 e. The predicted octanol–water partition coefficient (Wildman–Crippen LogP) is 5.80. The fourth-order valence-corrected chi connectivity index (χ4v) is 3.60. The van der Waals surface area contributed by atoms with Crippen molar-refractivity contribution in [2.75, 3.05) is 0 Å². The molecule has 0 aliphatic heterocycles. The number of rotatable bonds is 5. The third-order valence-corrected chi connectivity index (χ3v) is 5.26. The summed E-state index contributed by atoms with van der Waals surface area (Å²) >= 11 is 6.17. The number of hydrogen-bond acceptors (Lipinski definition) is 3. The molecule has 28 heavy (non-hydrogen) atoms. The molecule has 148 valence electrons. The molecule has 4 rings (SSSR count). The summed E-state index contributed by atoms with van der Waals surface area (Å²) in [5.74, 6) is 1.39. The van der Waals surface area contributed by atoms with Crippen LogP contribution in [0.25, 0.3) is 5.65 Å². The van der Waals surface area contributed by atoms with Crippen LogP contribution >= 0.6 is 11.6 Å². The van der Waals surface area contributed by atoms with E-state index in [2.05, 4.69) is 10.2 Å². The molecule has 8 heteroatoms. The molecule has 0 bridgehead atoms. The normalized spacial score (nSPS) is 15.8. The molecule has 0 radical (unpaired) electrons. The molecule has 1 fully saturated rings. The van der Waals surface area contributed by atoms with E-state index in [1.165, 1.54) is 10.5 Å². The maximum Gasteiger partial charge on any atom is 0.420 e. The minimum absolute atomic E-state index is 0.00186. The molecule has 2 aromatic heterocycles. The maximum absolute atomic E-state index is 13.9. The first kappa shape index (κ1) is 19.1. The molecule has 1 aliphatic carbocycles. The van der Waals surface area contributed by atoms with Gasteiger partial charge in [-0.3, -0.25) is 4.40 Å². The molecule has 0 amide bonds. The molecular weight excluding hydrogens is 391 g/mol. The van der Waals surface area contributed by atoms with E-state index < -0.39 is 17.8 Å². The average molecular weight is 410 g/mol. The summed E-state index contributed by atoms with van der Waals surface area (Å²) in [6.45, 7) is 3.44. The van der Waals surface area contributed by atoms with Crippen molar-refractivity contribution in [2.45, 2.75) is 45.4 Å². The Bertz CT molecular complexity index is 1030. The zero-order valence-corrected chi connectivity index (χ0v) is 16.2. The Morgan fingerprint density at radius 3 is 2.64 bits per heavy atom. The zero-order valence-electron chi connectivity index (χ0n) is 15.4. The van der Waals surface area contributed by atoms with E-state index in [4.69, 9.17) is 16.3 Å². The van der Waals surface area contributed by atoms with Crippen molar-refractivity contribution in [3.8, 4) is 5.75 Å². The minimum Gasteiger partial charge on any atom is -0.484 e. The van der Waals surface area contributed by atoms with Gasteiger partial charge in [0.05, 0.1) is 5.02 Å². The van der Waals surface area contributed by atoms with Crippen LogP contribution in [-0.4, -0.2) is 14.6 Å². The number of benzene rings is 1. The maximum atomic E-state index is 13.9. The lowest BCUT2D eigenvalue weighted by atomic mass is 10.0. The molecule has 1 saturated carbocycles. The third-order valence-electron chi connectivity index (χ3n) is 4.96. The molecule has 0 N–H and O–H groups in total. The Morgan fingerprint density at radius 2 is 2.00 bits per heavy atom. The number of aromatic nitrogens is 3. The standard InChI is InChI=1S/C20H19ClF3N3O/c1-11-3-6-16(15(21)9-11)28-12(2)14-7-8-27-17(10-13-4-5-13)25-26-19(27)18(14)20(22,23)24/h3,6-9,12-13H,4-5,10H2,1-2H3. The van der Waals surface area contributed by atoms with Crippen LogP contribution in [0.1, 0.15) is 48.4 Å². The number of hydrogen-bond donors (Lipinski definition) is 0. The molecule has 1 unspecified atom stereocenters. The molecule has 1 aliphatic rings. The first-order valence-electron chi connectivity index (χ1n) is 9.10. The van der Waals surface area contributed by atoms with Gasteiger partial charge in [0.25, 0.3) is 0 Å². The Kier molecular flexibility index (Phi) is 4.73. The first-order chi connectivity index (χ1) is 13.2. The van der Waals surface area contributed by atoms with Gasteiger partial charge in [0.15, 0.2) is 5.65 Å². The van der Waals surface area contributed by atoms with Crippen molar-refractivity contribution in [2.24, 2.45) is 5.92 Å². The van der Waals surface area contributed by atoms with Gasteiger partial charge in [-0.05, 0) is 56.4 Å². The third kappa shape index (κ3) is 3.68. The van der Waals surface area contributed by atoms with Crippen LogP contribution in [0.5, 0.6) is 5.75 Å². The van der Waals surface area contributed by atoms with Gasteiger partial charge in [-0.1, -0.05) is 17.7 Å². The largest absolute Gasteiger partial charge is 0.484 e. The Hall–Kier alpha value is -2.28. The van der Waals surface area contributed by atoms with Gasteiger partial charge >= 0.3 is 6.18 Å². The lowest BCUT2D eigenvalue weighted by Gasteiger charge is -2.21. The van der Waals surface area contributed by atoms with Gasteiger partial charge in [-0.25, -0.2) is 0 Å². The number of ether oxygens (including phenoxy) is 1. The van der Waals surface area contributed by atoms with E-state index in [1.807, 2.05) is 6.92 Å².